The van der Waals surface area contributed by atoms with E-state index >= 15 is 0 Å². The van der Waals surface area contributed by atoms with Crippen molar-refractivity contribution in [1.29, 1.82) is 0 Å². The zero-order valence-corrected chi connectivity index (χ0v) is 15.2. The summed E-state index contributed by atoms with van der Waals surface area (Å²) in [5, 5.41) is 33.7. The number of hydrogen-bond donors (Lipinski definition) is 5. The molecule has 27 heavy (non-hydrogen) atoms. The maximum atomic E-state index is 12.0. The van der Waals surface area contributed by atoms with Crippen molar-refractivity contribution in [3.8, 4) is 23.0 Å². The van der Waals surface area contributed by atoms with Gasteiger partial charge in [-0.1, -0.05) is 11.6 Å². The molecule has 2 aromatic carbocycles. The molecular weight excluding hydrogens is 376 g/mol. The van der Waals surface area contributed by atoms with Gasteiger partial charge in [-0.25, -0.2) is 0 Å². The fourth-order valence-corrected chi connectivity index (χ4v) is 2.24. The van der Waals surface area contributed by atoms with Crippen LogP contribution >= 0.6 is 11.6 Å². The molecule has 9 heteroatoms. The van der Waals surface area contributed by atoms with E-state index in [-0.39, 0.29) is 24.6 Å². The van der Waals surface area contributed by atoms with Crippen LogP contribution in [0.4, 0.5) is 0 Å². The highest BCUT2D eigenvalue weighted by atomic mass is 35.5. The third-order valence-corrected chi connectivity index (χ3v) is 3.79. The number of hydrogen-bond acceptors (Lipinski definition) is 6. The maximum absolute atomic E-state index is 12.0. The van der Waals surface area contributed by atoms with Crippen LogP contribution in [0.1, 0.15) is 17.3 Å². The van der Waals surface area contributed by atoms with E-state index < -0.39 is 29.3 Å². The van der Waals surface area contributed by atoms with Crippen molar-refractivity contribution in [2.45, 2.75) is 13.0 Å². The summed E-state index contributed by atoms with van der Waals surface area (Å²) in [7, 11) is 0. The van der Waals surface area contributed by atoms with Crippen molar-refractivity contribution in [3.05, 3.63) is 47.0 Å². The Kier molecular flexibility index (Phi) is 6.73. The Morgan fingerprint density at radius 2 is 1.59 bits per heavy atom. The second kappa shape index (κ2) is 9.00. The van der Waals surface area contributed by atoms with Crippen molar-refractivity contribution in [2.75, 3.05) is 13.1 Å². The number of rotatable bonds is 7. The monoisotopic (exact) mass is 394 g/mol. The number of carbonyl (C=O) groups is 2. The Hall–Kier alpha value is -3.13. The van der Waals surface area contributed by atoms with Gasteiger partial charge in [0.15, 0.2) is 23.4 Å². The topological polar surface area (TPSA) is 128 Å². The summed E-state index contributed by atoms with van der Waals surface area (Å²) in [4.78, 5) is 23.9. The zero-order chi connectivity index (χ0) is 20.0. The molecule has 2 rings (SSSR count). The van der Waals surface area contributed by atoms with Crippen LogP contribution < -0.4 is 15.4 Å². The first-order chi connectivity index (χ1) is 12.8. The lowest BCUT2D eigenvalue weighted by molar-refractivity contribution is -0.127. The summed E-state index contributed by atoms with van der Waals surface area (Å²) in [6, 6.07) is 8.63. The number of amides is 2. The number of aromatic hydroxyl groups is 3. The van der Waals surface area contributed by atoms with Crippen LogP contribution in [-0.2, 0) is 4.79 Å². The fraction of sp³-hybridized carbons (Fsp3) is 0.222. The highest BCUT2D eigenvalue weighted by Gasteiger charge is 2.15. The molecule has 0 fully saturated rings. The van der Waals surface area contributed by atoms with Gasteiger partial charge in [-0.05, 0) is 43.3 Å². The largest absolute Gasteiger partial charge is 0.504 e. The van der Waals surface area contributed by atoms with Gasteiger partial charge < -0.3 is 30.7 Å². The van der Waals surface area contributed by atoms with Gasteiger partial charge in [-0.2, -0.15) is 0 Å². The third kappa shape index (κ3) is 5.68. The second-order valence-electron chi connectivity index (χ2n) is 5.62. The van der Waals surface area contributed by atoms with Crippen LogP contribution in [0, 0.1) is 0 Å². The van der Waals surface area contributed by atoms with Crippen molar-refractivity contribution < 1.29 is 29.6 Å². The number of halogens is 1. The molecule has 0 aliphatic rings. The Morgan fingerprint density at radius 1 is 1.04 bits per heavy atom. The summed E-state index contributed by atoms with van der Waals surface area (Å²) in [5.41, 5.74) is -0.0337. The molecule has 0 spiro atoms. The van der Waals surface area contributed by atoms with E-state index in [4.69, 9.17) is 16.3 Å². The number of carbonyl (C=O) groups excluding carboxylic acids is 2. The predicted molar refractivity (Wildman–Crippen MR) is 98.3 cm³/mol. The first-order valence-electron chi connectivity index (χ1n) is 8.01. The third-order valence-electron chi connectivity index (χ3n) is 3.54. The maximum Gasteiger partial charge on any atom is 0.260 e. The molecule has 0 saturated heterocycles. The van der Waals surface area contributed by atoms with Gasteiger partial charge in [0.2, 0.25) is 0 Å². The zero-order valence-electron chi connectivity index (χ0n) is 14.4. The van der Waals surface area contributed by atoms with E-state index in [1.54, 1.807) is 31.2 Å². The van der Waals surface area contributed by atoms with Crippen LogP contribution in [0.3, 0.4) is 0 Å². The number of benzene rings is 2. The van der Waals surface area contributed by atoms with Gasteiger partial charge in [-0.3, -0.25) is 9.59 Å². The van der Waals surface area contributed by atoms with E-state index in [2.05, 4.69) is 10.6 Å². The molecule has 1 atom stereocenters. The number of nitrogens with one attached hydrogen (secondary N) is 2. The van der Waals surface area contributed by atoms with Gasteiger partial charge >= 0.3 is 0 Å². The van der Waals surface area contributed by atoms with Gasteiger partial charge in [0, 0.05) is 23.7 Å². The summed E-state index contributed by atoms with van der Waals surface area (Å²) < 4.78 is 5.48. The highest BCUT2D eigenvalue weighted by molar-refractivity contribution is 6.30. The molecule has 0 aromatic heterocycles. The van der Waals surface area contributed by atoms with Crippen LogP contribution in [0.15, 0.2) is 36.4 Å². The van der Waals surface area contributed by atoms with Gasteiger partial charge in [0.05, 0.1) is 0 Å². The normalized spacial score (nSPS) is 11.5. The molecule has 8 nitrogen and oxygen atoms in total. The minimum Gasteiger partial charge on any atom is -0.504 e. The van der Waals surface area contributed by atoms with Gasteiger partial charge in [-0.15, -0.1) is 0 Å². The molecule has 0 radical (unpaired) electrons. The summed E-state index contributed by atoms with van der Waals surface area (Å²) in [6.07, 6.45) is -0.743. The lowest BCUT2D eigenvalue weighted by atomic mass is 10.1. The molecule has 0 aliphatic carbocycles. The molecule has 0 heterocycles. The van der Waals surface area contributed by atoms with Gasteiger partial charge in [0.1, 0.15) is 5.75 Å². The van der Waals surface area contributed by atoms with Crippen LogP contribution in [0.25, 0.3) is 0 Å². The SMILES string of the molecule is CC(Oc1ccc(Cl)cc1)C(=O)NCCNC(=O)c1cc(O)c(O)c(O)c1. The van der Waals surface area contributed by atoms with E-state index in [9.17, 15) is 24.9 Å². The lowest BCUT2D eigenvalue weighted by Gasteiger charge is -2.15. The van der Waals surface area contributed by atoms with Crippen molar-refractivity contribution in [3.63, 3.8) is 0 Å². The average Bonchev–Trinajstić information content (AvgIpc) is 2.64. The first-order valence-corrected chi connectivity index (χ1v) is 8.39. The average molecular weight is 395 g/mol. The molecule has 1 unspecified atom stereocenters. The molecule has 144 valence electrons. The molecule has 5 N–H and O–H groups in total. The predicted octanol–water partition coefficient (Wildman–Crippen LogP) is 1.77. The van der Waals surface area contributed by atoms with Gasteiger partial charge in [0.25, 0.3) is 11.8 Å². The Morgan fingerprint density at radius 3 is 2.19 bits per heavy atom. The molecule has 0 saturated carbocycles. The van der Waals surface area contributed by atoms with Crippen LogP contribution in [0.5, 0.6) is 23.0 Å². The molecule has 2 aromatic rings. The highest BCUT2D eigenvalue weighted by Crippen LogP contribution is 2.35. The Bertz CT molecular complexity index is 802. The summed E-state index contributed by atoms with van der Waals surface area (Å²) in [6.45, 7) is 1.85. The van der Waals surface area contributed by atoms with Crippen LogP contribution in [-0.4, -0.2) is 46.3 Å². The van der Waals surface area contributed by atoms with Crippen molar-refractivity contribution in [2.24, 2.45) is 0 Å². The molecule has 2 amide bonds. The minimum absolute atomic E-state index is 0.0337. The molecule has 0 bridgehead atoms. The van der Waals surface area contributed by atoms with E-state index in [0.29, 0.717) is 10.8 Å². The van der Waals surface area contributed by atoms with E-state index in [1.165, 1.54) is 0 Å². The van der Waals surface area contributed by atoms with Crippen molar-refractivity contribution >= 4 is 23.4 Å². The Balaban J connectivity index is 1.76. The minimum atomic E-state index is -0.743. The number of phenols is 3. The van der Waals surface area contributed by atoms with Crippen LogP contribution in [0.2, 0.25) is 5.02 Å². The lowest BCUT2D eigenvalue weighted by Crippen LogP contribution is -2.40. The standard InChI is InChI=1S/C18H19ClN2O6/c1-10(27-13-4-2-12(19)3-5-13)17(25)20-6-7-21-18(26)11-8-14(22)16(24)15(23)9-11/h2-5,8-10,22-24H,6-7H2,1H3,(H,20,25)(H,21,26). The summed E-state index contributed by atoms with van der Waals surface area (Å²) in [5.74, 6) is -2.36. The number of ether oxygens (including phenoxy) is 1. The van der Waals surface area contributed by atoms with Crippen molar-refractivity contribution in [1.82, 2.24) is 10.6 Å². The van der Waals surface area contributed by atoms with E-state index in [0.717, 1.165) is 12.1 Å². The van der Waals surface area contributed by atoms with E-state index in [1.807, 2.05) is 0 Å². The fourth-order valence-electron chi connectivity index (χ4n) is 2.11. The molecule has 0 aliphatic heterocycles. The Labute approximate surface area is 160 Å². The smallest absolute Gasteiger partial charge is 0.260 e. The first kappa shape index (κ1) is 20.2. The quantitative estimate of drug-likeness (QED) is 0.359. The summed E-state index contributed by atoms with van der Waals surface area (Å²) >= 11 is 5.78. The number of phenolic OH excluding ortho intramolecular Hbond substituents is 3. The second-order valence-corrected chi connectivity index (χ2v) is 6.06. The molecular formula is C18H19ClN2O6.